The second-order valence-electron chi connectivity index (χ2n) is 6.52. The van der Waals surface area contributed by atoms with E-state index in [9.17, 15) is 9.59 Å². The van der Waals surface area contributed by atoms with Gasteiger partial charge >= 0.3 is 0 Å². The lowest BCUT2D eigenvalue weighted by atomic mass is 10.2. The SMILES string of the molecule is CC(=O)Nc1cccc(NC(=O)c2cc3c(C)nn(-c4ccc(Cl)cc4)c3s2)c1. The molecule has 2 aromatic carbocycles. The lowest BCUT2D eigenvalue weighted by Gasteiger charge is -2.07. The van der Waals surface area contributed by atoms with Gasteiger partial charge in [-0.05, 0) is 55.5 Å². The van der Waals surface area contributed by atoms with Crippen LogP contribution >= 0.6 is 22.9 Å². The van der Waals surface area contributed by atoms with Crippen molar-refractivity contribution in [1.82, 2.24) is 9.78 Å². The number of carbonyl (C=O) groups excluding carboxylic acids is 2. The van der Waals surface area contributed by atoms with Crippen LogP contribution in [0, 0.1) is 6.92 Å². The Bertz CT molecular complexity index is 1230. The van der Waals surface area contributed by atoms with Gasteiger partial charge in [-0.2, -0.15) is 5.10 Å². The summed E-state index contributed by atoms with van der Waals surface area (Å²) >= 11 is 7.35. The van der Waals surface area contributed by atoms with Crippen molar-refractivity contribution in [2.75, 3.05) is 10.6 Å². The molecular formula is C21H17ClN4O2S. The van der Waals surface area contributed by atoms with Crippen molar-refractivity contribution >= 4 is 56.3 Å². The third kappa shape index (κ3) is 4.01. The first-order valence-corrected chi connectivity index (χ1v) is 10.0. The number of rotatable bonds is 4. The van der Waals surface area contributed by atoms with E-state index in [1.165, 1.54) is 18.3 Å². The first-order valence-electron chi connectivity index (χ1n) is 8.85. The maximum absolute atomic E-state index is 12.8. The Kier molecular flexibility index (Phi) is 5.08. The summed E-state index contributed by atoms with van der Waals surface area (Å²) in [5.74, 6) is -0.381. The third-order valence-corrected chi connectivity index (χ3v) is 5.64. The van der Waals surface area contributed by atoms with Crippen LogP contribution in [0.4, 0.5) is 11.4 Å². The summed E-state index contributed by atoms with van der Waals surface area (Å²) in [5.41, 5.74) is 2.96. The van der Waals surface area contributed by atoms with Crippen molar-refractivity contribution in [3.8, 4) is 5.69 Å². The number of benzene rings is 2. The molecule has 0 unspecified atom stereocenters. The molecule has 0 fully saturated rings. The molecule has 2 amide bonds. The number of halogens is 1. The van der Waals surface area contributed by atoms with Gasteiger partial charge in [0.05, 0.1) is 16.3 Å². The van der Waals surface area contributed by atoms with Gasteiger partial charge in [0.25, 0.3) is 5.91 Å². The molecule has 0 saturated heterocycles. The number of thiophene rings is 1. The average Bonchev–Trinajstić information content (AvgIpc) is 3.23. The zero-order valence-electron chi connectivity index (χ0n) is 15.7. The highest BCUT2D eigenvalue weighted by molar-refractivity contribution is 7.20. The number of hydrogen-bond donors (Lipinski definition) is 2. The van der Waals surface area contributed by atoms with Crippen LogP contribution in [0.15, 0.2) is 54.6 Å². The molecule has 6 nitrogen and oxygen atoms in total. The second kappa shape index (κ2) is 7.69. The number of nitrogens with one attached hydrogen (secondary N) is 2. The van der Waals surface area contributed by atoms with E-state index in [-0.39, 0.29) is 11.8 Å². The van der Waals surface area contributed by atoms with Crippen molar-refractivity contribution in [1.29, 1.82) is 0 Å². The maximum atomic E-state index is 12.8. The van der Waals surface area contributed by atoms with Gasteiger partial charge < -0.3 is 10.6 Å². The minimum absolute atomic E-state index is 0.166. The van der Waals surface area contributed by atoms with Crippen LogP contribution in [-0.2, 0) is 4.79 Å². The van der Waals surface area contributed by atoms with Crippen molar-refractivity contribution in [3.05, 3.63) is 70.2 Å². The molecule has 0 aliphatic rings. The van der Waals surface area contributed by atoms with Crippen LogP contribution in [0.1, 0.15) is 22.3 Å². The molecule has 4 rings (SSSR count). The normalized spacial score (nSPS) is 10.9. The summed E-state index contributed by atoms with van der Waals surface area (Å²) in [6.07, 6.45) is 0. The van der Waals surface area contributed by atoms with Crippen LogP contribution in [0.25, 0.3) is 15.9 Å². The largest absolute Gasteiger partial charge is 0.326 e. The molecule has 0 aliphatic carbocycles. The molecule has 2 N–H and O–H groups in total. The van der Waals surface area contributed by atoms with Crippen LogP contribution in [0.2, 0.25) is 5.02 Å². The molecule has 8 heteroatoms. The highest BCUT2D eigenvalue weighted by Crippen LogP contribution is 2.31. The fourth-order valence-electron chi connectivity index (χ4n) is 2.99. The highest BCUT2D eigenvalue weighted by Gasteiger charge is 2.17. The number of nitrogens with zero attached hydrogens (tertiary/aromatic N) is 2. The number of fused-ring (bicyclic) bond motifs is 1. The van der Waals surface area contributed by atoms with E-state index in [0.717, 1.165) is 21.6 Å². The van der Waals surface area contributed by atoms with Crippen molar-refractivity contribution in [2.24, 2.45) is 0 Å². The van der Waals surface area contributed by atoms with Crippen molar-refractivity contribution in [2.45, 2.75) is 13.8 Å². The molecule has 0 atom stereocenters. The molecule has 0 aliphatic heterocycles. The summed E-state index contributed by atoms with van der Waals surface area (Å²) in [4.78, 5) is 25.5. The molecular weight excluding hydrogens is 408 g/mol. The number of aryl methyl sites for hydroxylation is 1. The standard InChI is InChI=1S/C21H17ClN4O2S/c1-12-18-11-19(20(28)24-16-5-3-4-15(10-16)23-13(2)27)29-21(18)26(25-12)17-8-6-14(22)7-9-17/h3-11H,1-2H3,(H,23,27)(H,24,28). The van der Waals surface area contributed by atoms with Gasteiger partial charge in [-0.1, -0.05) is 17.7 Å². The summed E-state index contributed by atoms with van der Waals surface area (Å²) in [5, 5.41) is 11.8. The van der Waals surface area contributed by atoms with Gasteiger partial charge in [0, 0.05) is 28.7 Å². The topological polar surface area (TPSA) is 76.0 Å². The van der Waals surface area contributed by atoms with Crippen molar-refractivity contribution in [3.63, 3.8) is 0 Å². The third-order valence-electron chi connectivity index (χ3n) is 4.28. The number of carbonyl (C=O) groups is 2. The zero-order chi connectivity index (χ0) is 20.5. The molecule has 2 aromatic heterocycles. The molecule has 4 aromatic rings. The number of hydrogen-bond acceptors (Lipinski definition) is 4. The van der Waals surface area contributed by atoms with E-state index < -0.39 is 0 Å². The van der Waals surface area contributed by atoms with Gasteiger partial charge in [0.15, 0.2) is 0 Å². The maximum Gasteiger partial charge on any atom is 0.265 e. The van der Waals surface area contributed by atoms with Crippen molar-refractivity contribution < 1.29 is 9.59 Å². The Hall–Kier alpha value is -3.16. The molecule has 2 heterocycles. The molecule has 0 saturated carbocycles. The number of anilines is 2. The van der Waals surface area contributed by atoms with E-state index in [4.69, 9.17) is 11.6 Å². The second-order valence-corrected chi connectivity index (χ2v) is 7.99. The van der Waals surface area contributed by atoms with Gasteiger partial charge in [-0.15, -0.1) is 11.3 Å². The Morgan fingerprint density at radius 3 is 2.41 bits per heavy atom. The molecule has 146 valence electrons. The first kappa shape index (κ1) is 19.2. The zero-order valence-corrected chi connectivity index (χ0v) is 17.3. The fraction of sp³-hybridized carbons (Fsp3) is 0.0952. The Labute approximate surface area is 176 Å². The summed E-state index contributed by atoms with van der Waals surface area (Å²) in [6.45, 7) is 3.36. The van der Waals surface area contributed by atoms with Crippen LogP contribution in [0.5, 0.6) is 0 Å². The fourth-order valence-corrected chi connectivity index (χ4v) is 4.19. The van der Waals surface area contributed by atoms with Gasteiger partial charge in [-0.25, -0.2) is 4.68 Å². The highest BCUT2D eigenvalue weighted by atomic mass is 35.5. The predicted octanol–water partition coefficient (Wildman–Crippen LogP) is 5.26. The van der Waals surface area contributed by atoms with Gasteiger partial charge in [0.2, 0.25) is 5.91 Å². The summed E-state index contributed by atoms with van der Waals surface area (Å²) in [7, 11) is 0. The van der Waals surface area contributed by atoms with Crippen LogP contribution < -0.4 is 10.6 Å². The van der Waals surface area contributed by atoms with E-state index in [1.54, 1.807) is 24.3 Å². The number of aromatic nitrogens is 2. The summed E-state index contributed by atoms with van der Waals surface area (Å²) in [6, 6.07) is 16.3. The average molecular weight is 425 g/mol. The smallest absolute Gasteiger partial charge is 0.265 e. The lowest BCUT2D eigenvalue weighted by Crippen LogP contribution is -2.11. The summed E-state index contributed by atoms with van der Waals surface area (Å²) < 4.78 is 1.82. The molecule has 0 bridgehead atoms. The minimum Gasteiger partial charge on any atom is -0.326 e. The van der Waals surface area contributed by atoms with Gasteiger partial charge in [-0.3, -0.25) is 9.59 Å². The van der Waals surface area contributed by atoms with E-state index in [0.29, 0.717) is 21.3 Å². The van der Waals surface area contributed by atoms with Gasteiger partial charge in [0.1, 0.15) is 4.83 Å². The van der Waals surface area contributed by atoms with Crippen LogP contribution in [0.3, 0.4) is 0 Å². The Balaban J connectivity index is 1.63. The first-order chi connectivity index (χ1) is 13.9. The molecule has 0 radical (unpaired) electrons. The Morgan fingerprint density at radius 2 is 1.72 bits per heavy atom. The Morgan fingerprint density at radius 1 is 1.03 bits per heavy atom. The minimum atomic E-state index is -0.215. The molecule has 29 heavy (non-hydrogen) atoms. The quantitative estimate of drug-likeness (QED) is 0.469. The monoisotopic (exact) mass is 424 g/mol. The van der Waals surface area contributed by atoms with Crippen LogP contribution in [-0.4, -0.2) is 21.6 Å². The number of amides is 2. The molecule has 0 spiro atoms. The van der Waals surface area contributed by atoms with E-state index in [2.05, 4.69) is 15.7 Å². The van der Waals surface area contributed by atoms with E-state index in [1.807, 2.05) is 41.9 Å². The lowest BCUT2D eigenvalue weighted by molar-refractivity contribution is -0.114. The van der Waals surface area contributed by atoms with E-state index >= 15 is 0 Å². The predicted molar refractivity (Wildman–Crippen MR) is 117 cm³/mol.